The molecule has 0 saturated carbocycles. The summed E-state index contributed by atoms with van der Waals surface area (Å²) in [5.41, 5.74) is 0.740. The van der Waals surface area contributed by atoms with Crippen LogP contribution in [0, 0.1) is 0 Å². The minimum Gasteiger partial charge on any atom is -0.471 e. The van der Waals surface area contributed by atoms with E-state index in [-0.39, 0.29) is 5.17 Å². The number of amides is 2. The van der Waals surface area contributed by atoms with E-state index in [0.717, 1.165) is 4.90 Å². The summed E-state index contributed by atoms with van der Waals surface area (Å²) in [5.74, 6) is -0.835. The molecule has 0 unspecified atom stereocenters. The molecule has 82 valence electrons. The molecule has 0 saturated heterocycles. The van der Waals surface area contributed by atoms with Crippen molar-refractivity contribution in [2.45, 2.75) is 6.92 Å². The molecule has 1 aliphatic heterocycles. The molecule has 0 bridgehead atoms. The van der Waals surface area contributed by atoms with Crippen LogP contribution in [0.1, 0.15) is 27.6 Å². The Labute approximate surface area is 97.8 Å². The quantitative estimate of drug-likeness (QED) is 0.548. The number of ether oxygens (including phenoxy) is 1. The third-order valence-electron chi connectivity index (χ3n) is 2.24. The maximum atomic E-state index is 11.9. The molecule has 1 heterocycles. The van der Waals surface area contributed by atoms with E-state index in [2.05, 4.69) is 0 Å². The van der Waals surface area contributed by atoms with Gasteiger partial charge in [0.2, 0.25) is 0 Å². The molecule has 0 N–H and O–H groups in total. The predicted octanol–water partition coefficient (Wildman–Crippen LogP) is 1.60. The molecule has 5 heteroatoms. The van der Waals surface area contributed by atoms with Crippen molar-refractivity contribution in [1.82, 2.24) is 4.90 Å². The Morgan fingerprint density at radius 1 is 1.25 bits per heavy atom. The van der Waals surface area contributed by atoms with Crippen LogP contribution >= 0.6 is 12.2 Å². The van der Waals surface area contributed by atoms with E-state index in [9.17, 15) is 9.59 Å². The fraction of sp³-hybridized carbons (Fsp3) is 0.182. The molecule has 2 rings (SSSR count). The first-order valence-corrected chi connectivity index (χ1v) is 5.22. The number of imide groups is 1. The lowest BCUT2D eigenvalue weighted by Crippen LogP contribution is -2.36. The third kappa shape index (κ3) is 1.49. The van der Waals surface area contributed by atoms with Crippen molar-refractivity contribution in [3.63, 3.8) is 0 Å². The summed E-state index contributed by atoms with van der Waals surface area (Å²) in [6.45, 7) is 2.07. The van der Waals surface area contributed by atoms with Gasteiger partial charge in [-0.1, -0.05) is 12.1 Å². The number of rotatable bonds is 1. The molecule has 0 atom stereocenters. The first kappa shape index (κ1) is 10.8. The molecule has 1 aromatic rings. The molecule has 1 aliphatic rings. The topological polar surface area (TPSA) is 46.6 Å². The van der Waals surface area contributed by atoms with E-state index in [1.165, 1.54) is 0 Å². The van der Waals surface area contributed by atoms with Gasteiger partial charge in [-0.05, 0) is 31.3 Å². The van der Waals surface area contributed by atoms with Crippen LogP contribution in [0.4, 0.5) is 0 Å². The zero-order valence-electron chi connectivity index (χ0n) is 8.60. The van der Waals surface area contributed by atoms with Crippen LogP contribution in [0.3, 0.4) is 0 Å². The number of carbonyl (C=O) groups is 2. The largest absolute Gasteiger partial charge is 0.471 e. The average Bonchev–Trinajstić information content (AvgIpc) is 2.53. The average molecular weight is 235 g/mol. The summed E-state index contributed by atoms with van der Waals surface area (Å²) in [6, 6.07) is 6.61. The molecular formula is C11H9NO3S. The number of fused-ring (bicyclic) bond motifs is 1. The van der Waals surface area contributed by atoms with E-state index in [0.29, 0.717) is 17.7 Å². The number of hydrogen-bond donors (Lipinski definition) is 0. The smallest absolute Gasteiger partial charge is 0.273 e. The van der Waals surface area contributed by atoms with Gasteiger partial charge in [0.15, 0.2) is 0 Å². The SMILES string of the molecule is CCOC(=S)N1C(=O)c2ccccc2C1=O. The molecule has 1 aromatic carbocycles. The molecule has 0 radical (unpaired) electrons. The van der Waals surface area contributed by atoms with Crippen LogP contribution in [0.2, 0.25) is 0 Å². The van der Waals surface area contributed by atoms with E-state index >= 15 is 0 Å². The summed E-state index contributed by atoms with van der Waals surface area (Å²) in [4.78, 5) is 24.6. The third-order valence-corrected chi connectivity index (χ3v) is 2.54. The maximum absolute atomic E-state index is 11.9. The van der Waals surface area contributed by atoms with Crippen LogP contribution < -0.4 is 0 Å². The maximum Gasteiger partial charge on any atom is 0.273 e. The van der Waals surface area contributed by atoms with Crippen LogP contribution in [-0.2, 0) is 4.74 Å². The molecule has 0 spiro atoms. The first-order chi connectivity index (χ1) is 7.66. The summed E-state index contributed by atoms with van der Waals surface area (Å²) in [6.07, 6.45) is 0. The number of benzene rings is 1. The van der Waals surface area contributed by atoms with Gasteiger partial charge in [-0.15, -0.1) is 0 Å². The minimum absolute atomic E-state index is 0.0892. The van der Waals surface area contributed by atoms with Gasteiger partial charge in [-0.2, -0.15) is 0 Å². The number of carbonyl (C=O) groups excluding carboxylic acids is 2. The zero-order chi connectivity index (χ0) is 11.7. The first-order valence-electron chi connectivity index (χ1n) is 4.81. The summed E-state index contributed by atoms with van der Waals surface area (Å²) < 4.78 is 5.01. The van der Waals surface area contributed by atoms with Crippen molar-refractivity contribution in [1.29, 1.82) is 0 Å². The Morgan fingerprint density at radius 3 is 2.19 bits per heavy atom. The standard InChI is InChI=1S/C11H9NO3S/c1-2-15-11(16)12-9(13)7-5-3-4-6-8(7)10(12)14/h3-6H,2H2,1H3. The Balaban J connectivity index is 2.39. The van der Waals surface area contributed by atoms with Crippen LogP contribution in [-0.4, -0.2) is 28.5 Å². The van der Waals surface area contributed by atoms with E-state index < -0.39 is 11.8 Å². The van der Waals surface area contributed by atoms with Gasteiger partial charge in [0.05, 0.1) is 17.7 Å². The molecule has 0 fully saturated rings. The highest BCUT2D eigenvalue weighted by atomic mass is 32.1. The lowest BCUT2D eigenvalue weighted by Gasteiger charge is -2.13. The Bertz CT molecular complexity index is 449. The second kappa shape index (κ2) is 4.02. The fourth-order valence-electron chi connectivity index (χ4n) is 1.54. The highest BCUT2D eigenvalue weighted by Crippen LogP contribution is 2.22. The lowest BCUT2D eigenvalue weighted by molar-refractivity contribution is 0.0717. The molecule has 16 heavy (non-hydrogen) atoms. The fourth-order valence-corrected chi connectivity index (χ4v) is 1.83. The Hall–Kier alpha value is -1.75. The van der Waals surface area contributed by atoms with Crippen LogP contribution in [0.15, 0.2) is 24.3 Å². The second-order valence-corrected chi connectivity index (χ2v) is 3.54. The van der Waals surface area contributed by atoms with Crippen LogP contribution in [0.5, 0.6) is 0 Å². The molecule has 0 aliphatic carbocycles. The highest BCUT2D eigenvalue weighted by Gasteiger charge is 2.38. The van der Waals surface area contributed by atoms with Gasteiger partial charge in [0.25, 0.3) is 17.0 Å². The molecule has 2 amide bonds. The van der Waals surface area contributed by atoms with Crippen molar-refractivity contribution in [3.05, 3.63) is 35.4 Å². The number of thiocarbonyl (C=S) groups is 1. The van der Waals surface area contributed by atoms with Gasteiger partial charge in [-0.3, -0.25) is 9.59 Å². The van der Waals surface area contributed by atoms with Gasteiger partial charge in [-0.25, -0.2) is 4.90 Å². The van der Waals surface area contributed by atoms with Crippen molar-refractivity contribution in [2.24, 2.45) is 0 Å². The monoisotopic (exact) mass is 235 g/mol. The molecule has 4 nitrogen and oxygen atoms in total. The Morgan fingerprint density at radius 2 is 1.75 bits per heavy atom. The zero-order valence-corrected chi connectivity index (χ0v) is 9.41. The summed E-state index contributed by atoms with van der Waals surface area (Å²) >= 11 is 4.88. The molecular weight excluding hydrogens is 226 g/mol. The van der Waals surface area contributed by atoms with E-state index in [4.69, 9.17) is 17.0 Å². The predicted molar refractivity (Wildman–Crippen MR) is 61.2 cm³/mol. The second-order valence-electron chi connectivity index (χ2n) is 3.19. The summed E-state index contributed by atoms with van der Waals surface area (Å²) in [7, 11) is 0. The highest BCUT2D eigenvalue weighted by molar-refractivity contribution is 7.80. The normalized spacial score (nSPS) is 13.9. The van der Waals surface area contributed by atoms with Crippen molar-refractivity contribution in [2.75, 3.05) is 6.61 Å². The summed E-state index contributed by atoms with van der Waals surface area (Å²) in [5, 5.41) is -0.0892. The van der Waals surface area contributed by atoms with Crippen molar-refractivity contribution >= 4 is 29.2 Å². The van der Waals surface area contributed by atoms with Crippen LogP contribution in [0.25, 0.3) is 0 Å². The van der Waals surface area contributed by atoms with E-state index in [1.807, 2.05) is 0 Å². The van der Waals surface area contributed by atoms with Crippen molar-refractivity contribution < 1.29 is 14.3 Å². The lowest BCUT2D eigenvalue weighted by atomic mass is 10.1. The van der Waals surface area contributed by atoms with Gasteiger partial charge in [0, 0.05) is 0 Å². The van der Waals surface area contributed by atoms with Gasteiger partial charge >= 0.3 is 0 Å². The van der Waals surface area contributed by atoms with Crippen molar-refractivity contribution in [3.8, 4) is 0 Å². The molecule has 0 aromatic heterocycles. The van der Waals surface area contributed by atoms with Gasteiger partial charge in [0.1, 0.15) is 0 Å². The number of hydrogen-bond acceptors (Lipinski definition) is 4. The Kier molecular flexibility index (Phi) is 2.70. The minimum atomic E-state index is -0.418. The van der Waals surface area contributed by atoms with Gasteiger partial charge < -0.3 is 4.74 Å². The van der Waals surface area contributed by atoms with E-state index in [1.54, 1.807) is 31.2 Å². The number of nitrogens with zero attached hydrogens (tertiary/aromatic N) is 1.